The molecule has 1 saturated heterocycles. The number of hydrogen-bond donors (Lipinski definition) is 1. The smallest absolute Gasteiger partial charge is 0.356 e. The standard InChI is InChI=1S/C13H17N3O3/c1-9(17)16-6-2-3-10(8-16)7-11-4-5-12(13(18)19)15-14-11/h4-5,10H,2-3,6-8H2,1H3,(H,18,19). The maximum absolute atomic E-state index is 11.3. The average Bonchev–Trinajstić information content (AvgIpc) is 2.39. The van der Waals surface area contributed by atoms with Crippen LogP contribution in [0.15, 0.2) is 12.1 Å². The molecule has 0 bridgehead atoms. The van der Waals surface area contributed by atoms with E-state index >= 15 is 0 Å². The summed E-state index contributed by atoms with van der Waals surface area (Å²) in [6, 6.07) is 3.17. The van der Waals surface area contributed by atoms with Gasteiger partial charge in [0, 0.05) is 20.0 Å². The van der Waals surface area contributed by atoms with E-state index in [9.17, 15) is 9.59 Å². The molecule has 1 aliphatic heterocycles. The number of aromatic nitrogens is 2. The van der Waals surface area contributed by atoms with Gasteiger partial charge in [0.25, 0.3) is 0 Å². The summed E-state index contributed by atoms with van der Waals surface area (Å²) in [6.07, 6.45) is 2.80. The molecule has 0 radical (unpaired) electrons. The summed E-state index contributed by atoms with van der Waals surface area (Å²) in [4.78, 5) is 23.9. The lowest BCUT2D eigenvalue weighted by Crippen LogP contribution is -2.39. The summed E-state index contributed by atoms with van der Waals surface area (Å²) in [5.74, 6) is -0.584. The monoisotopic (exact) mass is 263 g/mol. The minimum atomic E-state index is -1.07. The van der Waals surface area contributed by atoms with Crippen molar-refractivity contribution in [2.75, 3.05) is 13.1 Å². The van der Waals surface area contributed by atoms with Crippen LogP contribution in [-0.4, -0.2) is 45.2 Å². The van der Waals surface area contributed by atoms with Crippen LogP contribution in [0.4, 0.5) is 0 Å². The Morgan fingerprint density at radius 1 is 1.42 bits per heavy atom. The zero-order valence-electron chi connectivity index (χ0n) is 10.9. The lowest BCUT2D eigenvalue weighted by Gasteiger charge is -2.31. The van der Waals surface area contributed by atoms with Crippen LogP contribution in [0, 0.1) is 5.92 Å². The van der Waals surface area contributed by atoms with Crippen molar-refractivity contribution in [1.29, 1.82) is 0 Å². The maximum atomic E-state index is 11.3. The number of piperidine rings is 1. The van der Waals surface area contributed by atoms with Gasteiger partial charge in [-0.05, 0) is 37.3 Å². The number of likely N-dealkylation sites (tertiary alicyclic amines) is 1. The second-order valence-corrected chi connectivity index (χ2v) is 4.89. The minimum absolute atomic E-state index is 0.0437. The van der Waals surface area contributed by atoms with Gasteiger partial charge in [0.1, 0.15) is 0 Å². The molecule has 6 nitrogen and oxygen atoms in total. The minimum Gasteiger partial charge on any atom is -0.476 e. The van der Waals surface area contributed by atoms with Crippen molar-refractivity contribution in [3.8, 4) is 0 Å². The first kappa shape index (κ1) is 13.5. The Labute approximate surface area is 111 Å². The van der Waals surface area contributed by atoms with E-state index < -0.39 is 5.97 Å². The quantitative estimate of drug-likeness (QED) is 0.878. The van der Waals surface area contributed by atoms with Crippen LogP contribution < -0.4 is 0 Å². The van der Waals surface area contributed by atoms with Gasteiger partial charge < -0.3 is 10.0 Å². The third-order valence-corrected chi connectivity index (χ3v) is 3.40. The zero-order valence-corrected chi connectivity index (χ0v) is 10.9. The molecular weight excluding hydrogens is 246 g/mol. The maximum Gasteiger partial charge on any atom is 0.356 e. The summed E-state index contributed by atoms with van der Waals surface area (Å²) in [7, 11) is 0. The molecule has 1 amide bonds. The van der Waals surface area contributed by atoms with E-state index in [1.165, 1.54) is 6.07 Å². The van der Waals surface area contributed by atoms with E-state index in [0.29, 0.717) is 5.92 Å². The molecule has 1 aromatic rings. The molecule has 0 saturated carbocycles. The number of carboxylic acids is 1. The fraction of sp³-hybridized carbons (Fsp3) is 0.538. The molecule has 0 aliphatic carbocycles. The zero-order chi connectivity index (χ0) is 13.8. The Bertz CT molecular complexity index is 473. The number of aromatic carboxylic acids is 1. The molecular formula is C13H17N3O3. The Morgan fingerprint density at radius 3 is 2.79 bits per heavy atom. The second kappa shape index (κ2) is 5.77. The molecule has 0 aromatic carbocycles. The van der Waals surface area contributed by atoms with Gasteiger partial charge in [0.15, 0.2) is 5.69 Å². The van der Waals surface area contributed by atoms with Gasteiger partial charge in [-0.25, -0.2) is 4.79 Å². The Kier molecular flexibility index (Phi) is 4.09. The van der Waals surface area contributed by atoms with Gasteiger partial charge in [-0.1, -0.05) is 0 Å². The van der Waals surface area contributed by atoms with Crippen LogP contribution in [0.25, 0.3) is 0 Å². The first-order valence-electron chi connectivity index (χ1n) is 6.37. The first-order chi connectivity index (χ1) is 9.06. The van der Waals surface area contributed by atoms with E-state index in [1.54, 1.807) is 13.0 Å². The Hall–Kier alpha value is -1.98. The summed E-state index contributed by atoms with van der Waals surface area (Å²) >= 11 is 0. The molecule has 19 heavy (non-hydrogen) atoms. The van der Waals surface area contributed by atoms with Crippen LogP contribution in [0.5, 0.6) is 0 Å². The molecule has 102 valence electrons. The van der Waals surface area contributed by atoms with E-state index in [2.05, 4.69) is 10.2 Å². The summed E-state index contributed by atoms with van der Waals surface area (Å²) in [5.41, 5.74) is 0.734. The molecule has 1 atom stereocenters. The predicted molar refractivity (Wildman–Crippen MR) is 67.7 cm³/mol. The number of amides is 1. The fourth-order valence-electron chi connectivity index (χ4n) is 2.40. The van der Waals surface area contributed by atoms with Gasteiger partial charge in [-0.3, -0.25) is 4.79 Å². The highest BCUT2D eigenvalue weighted by molar-refractivity contribution is 5.84. The highest BCUT2D eigenvalue weighted by atomic mass is 16.4. The number of nitrogens with zero attached hydrogens (tertiary/aromatic N) is 3. The van der Waals surface area contributed by atoms with Crippen LogP contribution in [0.3, 0.4) is 0 Å². The fourth-order valence-corrected chi connectivity index (χ4v) is 2.40. The molecule has 1 fully saturated rings. The average molecular weight is 263 g/mol. The molecule has 6 heteroatoms. The molecule has 0 spiro atoms. The van der Waals surface area contributed by atoms with E-state index in [1.807, 2.05) is 4.90 Å². The Balaban J connectivity index is 1.96. The molecule has 1 aromatic heterocycles. The van der Waals surface area contributed by atoms with Crippen LogP contribution >= 0.6 is 0 Å². The number of carbonyl (C=O) groups excluding carboxylic acids is 1. The topological polar surface area (TPSA) is 83.4 Å². The molecule has 1 N–H and O–H groups in total. The lowest BCUT2D eigenvalue weighted by atomic mass is 9.93. The van der Waals surface area contributed by atoms with Gasteiger partial charge >= 0.3 is 5.97 Å². The second-order valence-electron chi connectivity index (χ2n) is 4.89. The lowest BCUT2D eigenvalue weighted by molar-refractivity contribution is -0.130. The number of carbonyl (C=O) groups is 2. The van der Waals surface area contributed by atoms with Crippen LogP contribution in [-0.2, 0) is 11.2 Å². The number of hydrogen-bond acceptors (Lipinski definition) is 4. The van der Waals surface area contributed by atoms with E-state index in [-0.39, 0.29) is 11.6 Å². The highest BCUT2D eigenvalue weighted by Crippen LogP contribution is 2.20. The molecule has 2 heterocycles. The molecule has 2 rings (SSSR count). The molecule has 1 aliphatic rings. The van der Waals surface area contributed by atoms with Crippen molar-refractivity contribution in [2.45, 2.75) is 26.2 Å². The SMILES string of the molecule is CC(=O)N1CCCC(Cc2ccc(C(=O)O)nn2)C1. The van der Waals surface area contributed by atoms with E-state index in [4.69, 9.17) is 5.11 Å². The van der Waals surface area contributed by atoms with Crippen LogP contribution in [0.2, 0.25) is 0 Å². The van der Waals surface area contributed by atoms with E-state index in [0.717, 1.165) is 38.0 Å². The van der Waals surface area contributed by atoms with Crippen molar-refractivity contribution >= 4 is 11.9 Å². The van der Waals surface area contributed by atoms with Gasteiger partial charge in [-0.15, -0.1) is 5.10 Å². The van der Waals surface area contributed by atoms with Crippen molar-refractivity contribution in [1.82, 2.24) is 15.1 Å². The van der Waals surface area contributed by atoms with Crippen molar-refractivity contribution < 1.29 is 14.7 Å². The summed E-state index contributed by atoms with van der Waals surface area (Å²) in [5, 5.41) is 16.3. The highest BCUT2D eigenvalue weighted by Gasteiger charge is 2.22. The summed E-state index contributed by atoms with van der Waals surface area (Å²) in [6.45, 7) is 3.16. The largest absolute Gasteiger partial charge is 0.476 e. The van der Waals surface area contributed by atoms with Crippen molar-refractivity contribution in [2.24, 2.45) is 5.92 Å². The van der Waals surface area contributed by atoms with Crippen molar-refractivity contribution in [3.05, 3.63) is 23.5 Å². The number of rotatable bonds is 3. The normalized spacial score (nSPS) is 19.2. The molecule has 1 unspecified atom stereocenters. The van der Waals surface area contributed by atoms with Crippen LogP contribution in [0.1, 0.15) is 35.9 Å². The van der Waals surface area contributed by atoms with Gasteiger partial charge in [-0.2, -0.15) is 5.10 Å². The first-order valence-corrected chi connectivity index (χ1v) is 6.37. The number of carboxylic acid groups (broad SMARTS) is 1. The van der Waals surface area contributed by atoms with Crippen molar-refractivity contribution in [3.63, 3.8) is 0 Å². The van der Waals surface area contributed by atoms with Gasteiger partial charge in [0.2, 0.25) is 5.91 Å². The third-order valence-electron chi connectivity index (χ3n) is 3.40. The third kappa shape index (κ3) is 3.49. The predicted octanol–water partition coefficient (Wildman–Crippen LogP) is 0.976. The van der Waals surface area contributed by atoms with Gasteiger partial charge in [0.05, 0.1) is 5.69 Å². The summed E-state index contributed by atoms with van der Waals surface area (Å²) < 4.78 is 0. The Morgan fingerprint density at radius 2 is 2.21 bits per heavy atom.